The van der Waals surface area contributed by atoms with Gasteiger partial charge in [-0.05, 0) is 36.3 Å². The van der Waals surface area contributed by atoms with E-state index in [-0.39, 0.29) is 10.1 Å². The Bertz CT molecular complexity index is 767. The fourth-order valence-corrected chi connectivity index (χ4v) is 5.05. The number of nitrogens with one attached hydrogen (secondary N) is 1. The first-order valence-corrected chi connectivity index (χ1v) is 10.3. The first kappa shape index (κ1) is 17.1. The third-order valence-corrected chi connectivity index (χ3v) is 6.92. The molecule has 128 valence electrons. The number of thiophene rings is 1. The highest BCUT2D eigenvalue weighted by molar-refractivity contribution is 7.91. The zero-order valence-corrected chi connectivity index (χ0v) is 14.9. The molecule has 1 saturated heterocycles. The lowest BCUT2D eigenvalue weighted by molar-refractivity contribution is -0.131. The molecule has 2 heterocycles. The molecule has 1 amide bonds. The van der Waals surface area contributed by atoms with E-state index < -0.39 is 16.1 Å². The maximum absolute atomic E-state index is 12.8. The summed E-state index contributed by atoms with van der Waals surface area (Å²) in [5.41, 5.74) is 0.934. The smallest absolute Gasteiger partial charge is 0.250 e. The topological polar surface area (TPSA) is 66.5 Å². The van der Waals surface area contributed by atoms with Gasteiger partial charge in [0.25, 0.3) is 10.0 Å². The maximum atomic E-state index is 12.8. The van der Waals surface area contributed by atoms with E-state index in [9.17, 15) is 13.2 Å². The van der Waals surface area contributed by atoms with E-state index in [2.05, 4.69) is 4.72 Å². The van der Waals surface area contributed by atoms with E-state index in [1.54, 1.807) is 22.4 Å². The molecule has 0 radical (unpaired) electrons. The van der Waals surface area contributed by atoms with Gasteiger partial charge in [0.05, 0.1) is 0 Å². The largest absolute Gasteiger partial charge is 0.341 e. The number of amides is 1. The summed E-state index contributed by atoms with van der Waals surface area (Å²) in [5.74, 6) is -0.142. The molecule has 24 heavy (non-hydrogen) atoms. The van der Waals surface area contributed by atoms with Gasteiger partial charge in [0.1, 0.15) is 10.3 Å². The Hall–Kier alpha value is -1.70. The van der Waals surface area contributed by atoms with Gasteiger partial charge in [0.15, 0.2) is 0 Å². The summed E-state index contributed by atoms with van der Waals surface area (Å²) >= 11 is 1.15. The second-order valence-corrected chi connectivity index (χ2v) is 8.72. The van der Waals surface area contributed by atoms with Crippen LogP contribution in [0.1, 0.15) is 18.4 Å². The number of hydrogen-bond acceptors (Lipinski definition) is 4. The highest BCUT2D eigenvalue weighted by atomic mass is 32.2. The van der Waals surface area contributed by atoms with Crippen LogP contribution in [-0.2, 0) is 21.2 Å². The van der Waals surface area contributed by atoms with Gasteiger partial charge in [0, 0.05) is 13.1 Å². The van der Waals surface area contributed by atoms with E-state index in [4.69, 9.17) is 0 Å². The maximum Gasteiger partial charge on any atom is 0.250 e. The normalized spacial score (nSPS) is 16.2. The van der Waals surface area contributed by atoms with Crippen LogP contribution in [0.5, 0.6) is 0 Å². The minimum atomic E-state index is -3.69. The zero-order valence-electron chi connectivity index (χ0n) is 13.2. The molecular weight excluding hydrogens is 344 g/mol. The van der Waals surface area contributed by atoms with Crippen LogP contribution in [0.15, 0.2) is 52.1 Å². The fourth-order valence-electron chi connectivity index (χ4n) is 2.85. The number of rotatable bonds is 6. The van der Waals surface area contributed by atoms with Crippen LogP contribution in [0, 0.1) is 0 Å². The summed E-state index contributed by atoms with van der Waals surface area (Å²) in [7, 11) is -3.69. The van der Waals surface area contributed by atoms with Crippen molar-refractivity contribution < 1.29 is 13.2 Å². The second-order valence-electron chi connectivity index (χ2n) is 5.83. The molecule has 1 atom stereocenters. The van der Waals surface area contributed by atoms with Gasteiger partial charge < -0.3 is 4.90 Å². The monoisotopic (exact) mass is 364 g/mol. The van der Waals surface area contributed by atoms with Gasteiger partial charge in [-0.3, -0.25) is 4.79 Å². The van der Waals surface area contributed by atoms with E-state index in [1.165, 1.54) is 0 Å². The Labute approximate surface area is 146 Å². The van der Waals surface area contributed by atoms with Crippen LogP contribution in [0.2, 0.25) is 0 Å². The van der Waals surface area contributed by atoms with Crippen LogP contribution >= 0.6 is 11.3 Å². The third kappa shape index (κ3) is 4.03. The van der Waals surface area contributed by atoms with Gasteiger partial charge >= 0.3 is 0 Å². The molecule has 0 bridgehead atoms. The summed E-state index contributed by atoms with van der Waals surface area (Å²) < 4.78 is 27.9. The third-order valence-electron chi connectivity index (χ3n) is 4.06. The molecule has 1 fully saturated rings. The Morgan fingerprint density at radius 3 is 2.46 bits per heavy atom. The van der Waals surface area contributed by atoms with Crippen molar-refractivity contribution in [1.82, 2.24) is 9.62 Å². The van der Waals surface area contributed by atoms with E-state index in [1.807, 2.05) is 30.3 Å². The molecule has 1 N–H and O–H groups in total. The van der Waals surface area contributed by atoms with Gasteiger partial charge in [0.2, 0.25) is 5.91 Å². The lowest BCUT2D eigenvalue weighted by atomic mass is 10.1. The van der Waals surface area contributed by atoms with Crippen LogP contribution in [0.3, 0.4) is 0 Å². The average molecular weight is 364 g/mol. The lowest BCUT2D eigenvalue weighted by Gasteiger charge is -2.24. The first-order valence-electron chi connectivity index (χ1n) is 7.95. The zero-order chi connectivity index (χ0) is 17.0. The second kappa shape index (κ2) is 7.46. The predicted molar refractivity (Wildman–Crippen MR) is 94.4 cm³/mol. The summed E-state index contributed by atoms with van der Waals surface area (Å²) in [6.45, 7) is 1.40. The van der Waals surface area contributed by atoms with Gasteiger partial charge in [-0.25, -0.2) is 8.42 Å². The molecule has 7 heteroatoms. The Morgan fingerprint density at radius 1 is 1.12 bits per heavy atom. The van der Waals surface area contributed by atoms with E-state index in [0.717, 1.165) is 29.7 Å². The summed E-state index contributed by atoms with van der Waals surface area (Å²) in [5, 5.41) is 1.71. The lowest BCUT2D eigenvalue weighted by Crippen LogP contribution is -2.48. The molecule has 1 aromatic carbocycles. The first-order chi connectivity index (χ1) is 11.6. The highest BCUT2D eigenvalue weighted by Crippen LogP contribution is 2.18. The predicted octanol–water partition coefficient (Wildman–Crippen LogP) is 2.26. The van der Waals surface area contributed by atoms with Crippen molar-refractivity contribution in [2.24, 2.45) is 0 Å². The van der Waals surface area contributed by atoms with Crippen molar-refractivity contribution in [2.45, 2.75) is 29.5 Å². The molecule has 1 aliphatic heterocycles. The number of hydrogen-bond donors (Lipinski definition) is 1. The van der Waals surface area contributed by atoms with Crippen molar-refractivity contribution >= 4 is 27.3 Å². The Morgan fingerprint density at radius 2 is 1.83 bits per heavy atom. The average Bonchev–Trinajstić information content (AvgIpc) is 3.28. The number of nitrogens with zero attached hydrogens (tertiary/aromatic N) is 1. The van der Waals surface area contributed by atoms with E-state index in [0.29, 0.717) is 19.5 Å². The standard InChI is InChI=1S/C17H20N2O3S2/c20-17(19-10-4-5-11-19)15(13-14-7-2-1-3-8-14)18-24(21,22)16-9-6-12-23-16/h1-3,6-9,12,15,18H,4-5,10-11,13H2/t15-/m0/s1. The number of benzene rings is 1. The van der Waals surface area contributed by atoms with Gasteiger partial charge in [-0.2, -0.15) is 4.72 Å². The summed E-state index contributed by atoms with van der Waals surface area (Å²) in [6.07, 6.45) is 2.30. The van der Waals surface area contributed by atoms with Crippen molar-refractivity contribution in [2.75, 3.05) is 13.1 Å². The highest BCUT2D eigenvalue weighted by Gasteiger charge is 2.31. The SMILES string of the molecule is O=C([C@H](Cc1ccccc1)NS(=O)(=O)c1cccs1)N1CCCC1. The van der Waals surface area contributed by atoms with Crippen LogP contribution in [-0.4, -0.2) is 38.4 Å². The molecule has 0 aliphatic carbocycles. The molecule has 3 rings (SSSR count). The van der Waals surface area contributed by atoms with Crippen LogP contribution in [0.25, 0.3) is 0 Å². The molecular formula is C17H20N2O3S2. The van der Waals surface area contributed by atoms with Crippen molar-refractivity contribution in [3.8, 4) is 0 Å². The Kier molecular flexibility index (Phi) is 5.33. The minimum Gasteiger partial charge on any atom is -0.341 e. The number of sulfonamides is 1. The molecule has 0 unspecified atom stereocenters. The van der Waals surface area contributed by atoms with Gasteiger partial charge in [-0.1, -0.05) is 36.4 Å². The number of carbonyl (C=O) groups excluding carboxylic acids is 1. The molecule has 1 aromatic heterocycles. The molecule has 1 aliphatic rings. The summed E-state index contributed by atoms with van der Waals surface area (Å²) in [4.78, 5) is 14.6. The number of carbonyl (C=O) groups is 1. The summed E-state index contributed by atoms with van der Waals surface area (Å²) in [6, 6.07) is 11.9. The molecule has 0 saturated carbocycles. The molecule has 2 aromatic rings. The van der Waals surface area contributed by atoms with Crippen LogP contribution < -0.4 is 4.72 Å². The fraction of sp³-hybridized carbons (Fsp3) is 0.353. The Balaban J connectivity index is 1.82. The van der Waals surface area contributed by atoms with E-state index >= 15 is 0 Å². The quantitative estimate of drug-likeness (QED) is 0.855. The van der Waals surface area contributed by atoms with Gasteiger partial charge in [-0.15, -0.1) is 11.3 Å². The minimum absolute atomic E-state index is 0.142. The van der Waals surface area contributed by atoms with Crippen LogP contribution in [0.4, 0.5) is 0 Å². The number of likely N-dealkylation sites (tertiary alicyclic amines) is 1. The molecule has 5 nitrogen and oxygen atoms in total. The van der Waals surface area contributed by atoms with Crippen molar-refractivity contribution in [1.29, 1.82) is 0 Å². The van der Waals surface area contributed by atoms with Crippen molar-refractivity contribution in [3.05, 3.63) is 53.4 Å². The molecule has 0 spiro atoms. The van der Waals surface area contributed by atoms with Crippen molar-refractivity contribution in [3.63, 3.8) is 0 Å².